The van der Waals surface area contributed by atoms with E-state index >= 15 is 0 Å². The Kier molecular flexibility index (Phi) is 6.31. The summed E-state index contributed by atoms with van der Waals surface area (Å²) in [6.45, 7) is 2.82. The predicted octanol–water partition coefficient (Wildman–Crippen LogP) is 1.01. The van der Waals surface area contributed by atoms with E-state index in [1.807, 2.05) is 0 Å². The highest BCUT2D eigenvalue weighted by molar-refractivity contribution is 5.99. The Hall–Kier alpha value is -2.41. The first kappa shape index (κ1) is 17.9. The fraction of sp³-hybridized carbons (Fsp3) is 0.471. The molecule has 2 N–H and O–H groups in total. The molecule has 1 heterocycles. The second-order valence-electron chi connectivity index (χ2n) is 5.70. The Balaban J connectivity index is 2.07. The van der Waals surface area contributed by atoms with E-state index in [2.05, 4.69) is 10.6 Å². The Morgan fingerprint density at radius 1 is 1.33 bits per heavy atom. The average molecular weight is 333 g/mol. The van der Waals surface area contributed by atoms with Gasteiger partial charge in [-0.25, -0.2) is 0 Å². The van der Waals surface area contributed by atoms with Crippen LogP contribution in [-0.2, 0) is 14.3 Å². The monoisotopic (exact) mass is 333 g/mol. The molecule has 7 nitrogen and oxygen atoms in total. The van der Waals surface area contributed by atoms with Crippen molar-refractivity contribution in [3.63, 3.8) is 0 Å². The van der Waals surface area contributed by atoms with Gasteiger partial charge in [0, 0.05) is 38.4 Å². The number of carbonyl (C=O) groups is 3. The highest BCUT2D eigenvalue weighted by atomic mass is 16.5. The van der Waals surface area contributed by atoms with Crippen LogP contribution in [0.15, 0.2) is 24.3 Å². The molecule has 1 unspecified atom stereocenters. The van der Waals surface area contributed by atoms with Crippen molar-refractivity contribution in [2.45, 2.75) is 25.8 Å². The number of hydrogen-bond donors (Lipinski definition) is 2. The number of likely N-dealkylation sites (tertiary alicyclic amines) is 1. The molecular weight excluding hydrogens is 310 g/mol. The van der Waals surface area contributed by atoms with E-state index in [1.54, 1.807) is 36.3 Å². The molecule has 2 rings (SSSR count). The zero-order chi connectivity index (χ0) is 17.5. The van der Waals surface area contributed by atoms with Gasteiger partial charge < -0.3 is 20.3 Å². The van der Waals surface area contributed by atoms with Gasteiger partial charge in [0.15, 0.2) is 0 Å². The molecule has 0 aliphatic carbocycles. The van der Waals surface area contributed by atoms with Crippen LogP contribution < -0.4 is 10.6 Å². The summed E-state index contributed by atoms with van der Waals surface area (Å²) < 4.78 is 4.91. The normalized spacial score (nSPS) is 16.8. The third kappa shape index (κ3) is 4.55. The fourth-order valence-corrected chi connectivity index (χ4v) is 2.78. The summed E-state index contributed by atoms with van der Waals surface area (Å²) in [5.74, 6) is -0.557. The summed E-state index contributed by atoms with van der Waals surface area (Å²) in [6, 6.07) is 6.28. The van der Waals surface area contributed by atoms with Gasteiger partial charge >= 0.3 is 0 Å². The molecule has 0 saturated carbocycles. The van der Waals surface area contributed by atoms with Crippen LogP contribution in [0.3, 0.4) is 0 Å². The highest BCUT2D eigenvalue weighted by Crippen LogP contribution is 2.21. The van der Waals surface area contributed by atoms with Crippen LogP contribution in [0.2, 0.25) is 0 Å². The number of nitrogens with zero attached hydrogens (tertiary/aromatic N) is 1. The molecule has 130 valence electrons. The topological polar surface area (TPSA) is 87.7 Å². The molecule has 0 spiro atoms. The summed E-state index contributed by atoms with van der Waals surface area (Å²) in [7, 11) is 1.57. The maximum absolute atomic E-state index is 12.7. The zero-order valence-electron chi connectivity index (χ0n) is 14.0. The lowest BCUT2D eigenvalue weighted by Gasteiger charge is -2.24. The van der Waals surface area contributed by atoms with Crippen LogP contribution in [0.25, 0.3) is 0 Å². The molecule has 1 aliphatic heterocycles. The maximum Gasteiger partial charge on any atom is 0.254 e. The van der Waals surface area contributed by atoms with Gasteiger partial charge in [0.1, 0.15) is 6.04 Å². The number of ether oxygens (including phenoxy) is 1. The number of carbonyl (C=O) groups excluding carboxylic acids is 3. The van der Waals surface area contributed by atoms with Gasteiger partial charge in [-0.3, -0.25) is 14.4 Å². The Labute approximate surface area is 141 Å². The van der Waals surface area contributed by atoms with Crippen LogP contribution in [0.5, 0.6) is 0 Å². The second kappa shape index (κ2) is 8.44. The summed E-state index contributed by atoms with van der Waals surface area (Å²) in [4.78, 5) is 37.7. The third-order valence-electron chi connectivity index (χ3n) is 3.85. The summed E-state index contributed by atoms with van der Waals surface area (Å²) in [5.41, 5.74) is 1.02. The van der Waals surface area contributed by atoms with Crippen LogP contribution in [0, 0.1) is 0 Å². The summed E-state index contributed by atoms with van der Waals surface area (Å²) in [5, 5.41) is 5.44. The number of hydrogen-bond acceptors (Lipinski definition) is 4. The first-order valence-corrected chi connectivity index (χ1v) is 7.98. The number of methoxy groups -OCH3 is 1. The van der Waals surface area contributed by atoms with E-state index in [0.29, 0.717) is 37.4 Å². The Morgan fingerprint density at radius 3 is 2.83 bits per heavy atom. The van der Waals surface area contributed by atoms with E-state index in [-0.39, 0.29) is 17.7 Å². The predicted molar refractivity (Wildman–Crippen MR) is 89.7 cm³/mol. The van der Waals surface area contributed by atoms with Gasteiger partial charge in [-0.15, -0.1) is 0 Å². The van der Waals surface area contributed by atoms with Gasteiger partial charge in [-0.2, -0.15) is 0 Å². The zero-order valence-corrected chi connectivity index (χ0v) is 14.0. The SMILES string of the molecule is COCCNC(=O)C1CCCN1C(=O)c1cccc(NC(C)=O)c1. The molecule has 7 heteroatoms. The van der Waals surface area contributed by atoms with Crippen LogP contribution in [0.1, 0.15) is 30.1 Å². The molecule has 1 aromatic carbocycles. The lowest BCUT2D eigenvalue weighted by molar-refractivity contribution is -0.125. The van der Waals surface area contributed by atoms with E-state index in [1.165, 1.54) is 6.92 Å². The van der Waals surface area contributed by atoms with Crippen molar-refractivity contribution in [3.05, 3.63) is 29.8 Å². The molecule has 0 aromatic heterocycles. The van der Waals surface area contributed by atoms with Crippen molar-refractivity contribution in [1.29, 1.82) is 0 Å². The minimum atomic E-state index is -0.459. The molecule has 1 aromatic rings. The maximum atomic E-state index is 12.7. The second-order valence-corrected chi connectivity index (χ2v) is 5.70. The smallest absolute Gasteiger partial charge is 0.254 e. The lowest BCUT2D eigenvalue weighted by Crippen LogP contribution is -2.46. The quantitative estimate of drug-likeness (QED) is 0.761. The average Bonchev–Trinajstić information content (AvgIpc) is 3.03. The number of benzene rings is 1. The molecule has 1 aliphatic rings. The van der Waals surface area contributed by atoms with Gasteiger partial charge in [-0.05, 0) is 31.0 Å². The first-order valence-electron chi connectivity index (χ1n) is 7.98. The van der Waals surface area contributed by atoms with Gasteiger partial charge in [0.05, 0.1) is 6.61 Å². The van der Waals surface area contributed by atoms with Crippen molar-refractivity contribution in [2.75, 3.05) is 32.1 Å². The van der Waals surface area contributed by atoms with E-state index in [9.17, 15) is 14.4 Å². The lowest BCUT2D eigenvalue weighted by atomic mass is 10.1. The summed E-state index contributed by atoms with van der Waals surface area (Å²) >= 11 is 0. The van der Waals surface area contributed by atoms with Gasteiger partial charge in [0.2, 0.25) is 11.8 Å². The molecule has 1 fully saturated rings. The molecule has 24 heavy (non-hydrogen) atoms. The van der Waals surface area contributed by atoms with Crippen molar-refractivity contribution in [3.8, 4) is 0 Å². The number of nitrogens with one attached hydrogen (secondary N) is 2. The Bertz CT molecular complexity index is 618. The van der Waals surface area contributed by atoms with E-state index < -0.39 is 6.04 Å². The number of anilines is 1. The largest absolute Gasteiger partial charge is 0.383 e. The third-order valence-corrected chi connectivity index (χ3v) is 3.85. The molecule has 1 atom stereocenters. The standard InChI is InChI=1S/C17H23N3O4/c1-12(21)19-14-6-3-5-13(11-14)17(23)20-9-4-7-15(20)16(22)18-8-10-24-2/h3,5-6,11,15H,4,7-10H2,1-2H3,(H,18,22)(H,19,21). The molecule has 0 radical (unpaired) electrons. The first-order chi connectivity index (χ1) is 11.5. The fourth-order valence-electron chi connectivity index (χ4n) is 2.78. The minimum Gasteiger partial charge on any atom is -0.383 e. The molecule has 3 amide bonds. The summed E-state index contributed by atoms with van der Waals surface area (Å²) in [6.07, 6.45) is 1.44. The molecule has 0 bridgehead atoms. The minimum absolute atomic E-state index is 0.157. The number of amides is 3. The van der Waals surface area contributed by atoms with Gasteiger partial charge in [-0.1, -0.05) is 6.07 Å². The van der Waals surface area contributed by atoms with E-state index in [0.717, 1.165) is 6.42 Å². The van der Waals surface area contributed by atoms with Crippen molar-refractivity contribution < 1.29 is 19.1 Å². The highest BCUT2D eigenvalue weighted by Gasteiger charge is 2.34. The van der Waals surface area contributed by atoms with Gasteiger partial charge in [0.25, 0.3) is 5.91 Å². The van der Waals surface area contributed by atoms with Crippen LogP contribution >= 0.6 is 0 Å². The van der Waals surface area contributed by atoms with E-state index in [4.69, 9.17) is 4.74 Å². The Morgan fingerprint density at radius 2 is 2.12 bits per heavy atom. The van der Waals surface area contributed by atoms with Crippen molar-refractivity contribution in [1.82, 2.24) is 10.2 Å². The molecule has 1 saturated heterocycles. The number of rotatable bonds is 6. The van der Waals surface area contributed by atoms with Crippen molar-refractivity contribution >= 4 is 23.4 Å². The van der Waals surface area contributed by atoms with Crippen molar-refractivity contribution in [2.24, 2.45) is 0 Å². The van der Waals surface area contributed by atoms with Crippen LogP contribution in [-0.4, -0.2) is 55.5 Å². The van der Waals surface area contributed by atoms with Crippen LogP contribution in [0.4, 0.5) is 5.69 Å². The molecular formula is C17H23N3O4.